The van der Waals surface area contributed by atoms with E-state index in [2.05, 4.69) is 37.4 Å². The van der Waals surface area contributed by atoms with Crippen molar-refractivity contribution < 1.29 is 33.7 Å². The van der Waals surface area contributed by atoms with Crippen molar-refractivity contribution >= 4 is 23.4 Å². The lowest BCUT2D eigenvalue weighted by atomic mass is 9.32. The number of nitrogens with zero attached hydrogens (tertiary/aromatic N) is 1. The number of benzene rings is 2. The maximum atomic E-state index is 15.2. The molecule has 2 aromatic rings. The van der Waals surface area contributed by atoms with Gasteiger partial charge < -0.3 is 29.9 Å². The minimum Gasteiger partial charge on any atom is -0.497 e. The topological polar surface area (TPSA) is 108 Å². The molecule has 2 spiro atoms. The fourth-order valence-electron chi connectivity index (χ4n) is 11.7. The molecule has 0 aliphatic heterocycles. The molecule has 8 rings (SSSR count). The molecule has 2 bridgehead atoms. The first-order valence-corrected chi connectivity index (χ1v) is 19.5. The van der Waals surface area contributed by atoms with Crippen LogP contribution in [0.4, 0.5) is 9.18 Å². The Morgan fingerprint density at radius 2 is 1.74 bits per heavy atom. The van der Waals surface area contributed by atoms with Crippen molar-refractivity contribution in [3.63, 3.8) is 0 Å². The number of allylic oxidation sites excluding steroid dienone is 4. The molecular weight excluding hydrogens is 695 g/mol. The summed E-state index contributed by atoms with van der Waals surface area (Å²) in [6, 6.07) is 9.59. The minimum atomic E-state index is -1.28. The maximum absolute atomic E-state index is 15.2. The molecule has 3 fully saturated rings. The van der Waals surface area contributed by atoms with Gasteiger partial charge >= 0.3 is 6.03 Å². The molecule has 3 saturated carbocycles. The monoisotopic (exact) mass is 748 g/mol. The van der Waals surface area contributed by atoms with Gasteiger partial charge in [-0.1, -0.05) is 49.7 Å². The number of fused-ring (bicyclic) bond motifs is 1. The van der Waals surface area contributed by atoms with Gasteiger partial charge in [0, 0.05) is 56.5 Å². The molecule has 6 aliphatic carbocycles. The van der Waals surface area contributed by atoms with Crippen LogP contribution in [-0.2, 0) is 17.8 Å². The van der Waals surface area contributed by atoms with E-state index in [0.29, 0.717) is 42.8 Å². The number of aliphatic hydroxyl groups is 2. The van der Waals surface area contributed by atoms with Crippen molar-refractivity contribution in [3.05, 3.63) is 82.2 Å². The Bertz CT molecular complexity index is 1840. The molecule has 8 atom stereocenters. The zero-order valence-corrected chi connectivity index (χ0v) is 32.6. The first kappa shape index (κ1) is 37.9. The van der Waals surface area contributed by atoms with E-state index in [9.17, 15) is 19.8 Å². The number of aliphatic hydroxyl groups excluding tert-OH is 1. The summed E-state index contributed by atoms with van der Waals surface area (Å²) in [7, 11) is 3.17. The lowest BCUT2D eigenvalue weighted by Gasteiger charge is -2.71. The summed E-state index contributed by atoms with van der Waals surface area (Å²) in [5.41, 5.74) is -1.76. The molecule has 3 N–H and O–H groups in total. The lowest BCUT2D eigenvalue weighted by Crippen LogP contribution is -2.67. The molecule has 2 aromatic carbocycles. The number of carbonyl (C=O) groups is 2. The zero-order chi connectivity index (χ0) is 38.1. The largest absolute Gasteiger partial charge is 0.497 e. The SMILES string of the molecule is COc1ccc(CN(C[C@]2(O)CC[C@H]3[C@]45C=C[C@@]6(C=C4C(=O)Cc4c(F)cccc4Cl)CC(O)CC[C@]6(C)[C@H]5CC[C@@]32C)C(=O)NC(C)C)c(OC)c1. The Balaban J connectivity index is 1.29. The minimum absolute atomic E-state index is 0.0804. The molecule has 2 amide bonds. The molecule has 10 heteroatoms. The molecule has 0 heterocycles. The predicted molar refractivity (Wildman–Crippen MR) is 202 cm³/mol. The number of hydrogen-bond acceptors (Lipinski definition) is 6. The van der Waals surface area contributed by atoms with Crippen LogP contribution in [0.15, 0.2) is 60.2 Å². The van der Waals surface area contributed by atoms with Gasteiger partial charge in [-0.15, -0.1) is 0 Å². The maximum Gasteiger partial charge on any atom is 0.317 e. The second-order valence-corrected chi connectivity index (χ2v) is 17.7. The average molecular weight is 749 g/mol. The van der Waals surface area contributed by atoms with Gasteiger partial charge in [-0.2, -0.15) is 0 Å². The number of methoxy groups -OCH3 is 2. The van der Waals surface area contributed by atoms with Crippen molar-refractivity contribution in [2.75, 3.05) is 20.8 Å². The van der Waals surface area contributed by atoms with Crippen LogP contribution in [-0.4, -0.2) is 65.4 Å². The van der Waals surface area contributed by atoms with Crippen molar-refractivity contribution in [2.24, 2.45) is 33.5 Å². The van der Waals surface area contributed by atoms with E-state index < -0.39 is 33.8 Å². The van der Waals surface area contributed by atoms with Gasteiger partial charge in [0.2, 0.25) is 0 Å². The van der Waals surface area contributed by atoms with Crippen molar-refractivity contribution in [3.8, 4) is 11.5 Å². The van der Waals surface area contributed by atoms with Crippen LogP contribution in [0.25, 0.3) is 0 Å². The van der Waals surface area contributed by atoms with Crippen LogP contribution < -0.4 is 14.8 Å². The lowest BCUT2D eigenvalue weighted by molar-refractivity contribution is -0.177. The van der Waals surface area contributed by atoms with Crippen molar-refractivity contribution in [1.82, 2.24) is 10.2 Å². The second kappa shape index (κ2) is 13.4. The molecule has 0 aromatic heterocycles. The van der Waals surface area contributed by atoms with E-state index in [4.69, 9.17) is 21.1 Å². The molecule has 8 nitrogen and oxygen atoms in total. The number of amides is 2. The third-order valence-corrected chi connectivity index (χ3v) is 14.8. The highest BCUT2D eigenvalue weighted by atomic mass is 35.5. The average Bonchev–Trinajstić information content (AvgIpc) is 3.39. The van der Waals surface area contributed by atoms with Crippen molar-refractivity contribution in [2.45, 2.75) is 103 Å². The Labute approximate surface area is 317 Å². The van der Waals surface area contributed by atoms with E-state index in [-0.39, 0.29) is 65.2 Å². The molecule has 286 valence electrons. The quantitative estimate of drug-likeness (QED) is 0.214. The van der Waals surface area contributed by atoms with Crippen LogP contribution >= 0.6 is 11.6 Å². The van der Waals surface area contributed by atoms with Gasteiger partial charge in [-0.25, -0.2) is 9.18 Å². The molecule has 53 heavy (non-hydrogen) atoms. The number of hydrogen-bond donors (Lipinski definition) is 3. The summed E-state index contributed by atoms with van der Waals surface area (Å²) >= 11 is 6.48. The summed E-state index contributed by atoms with van der Waals surface area (Å²) in [5.74, 6) is 0.493. The summed E-state index contributed by atoms with van der Waals surface area (Å²) in [4.78, 5) is 30.4. The Hall–Kier alpha value is -3.40. The van der Waals surface area contributed by atoms with E-state index >= 15 is 4.39 Å². The first-order chi connectivity index (χ1) is 25.1. The summed E-state index contributed by atoms with van der Waals surface area (Å²) in [6.45, 7) is 8.60. The van der Waals surface area contributed by atoms with Gasteiger partial charge in [0.1, 0.15) is 17.3 Å². The number of rotatable bonds is 10. The number of nitrogens with one attached hydrogen (secondary N) is 1. The number of Topliss-reactive ketones (excluding diaryl/α,β-unsaturated/α-hetero) is 1. The number of carbonyl (C=O) groups excluding carboxylic acids is 2. The van der Waals surface area contributed by atoms with Gasteiger partial charge in [0.25, 0.3) is 0 Å². The van der Waals surface area contributed by atoms with Crippen LogP contribution in [0.5, 0.6) is 11.5 Å². The van der Waals surface area contributed by atoms with Gasteiger partial charge in [-0.05, 0) is 100 Å². The fourth-order valence-corrected chi connectivity index (χ4v) is 11.9. The standard InChI is InChI=1S/C43H54ClFN2O6/c1-26(2)46-38(50)47(24-27-10-11-29(52-5)20-35(27)53-6)25-42(51)17-14-37-40(42,4)16-13-36-39(3)15-12-28(48)22-41(39)18-19-43(36,37)31(23-41)34(49)21-30-32(44)8-7-9-33(30)45/h7-11,18-20,23,26,28,36-37,48,51H,12-17,21-22,24-25H2,1-6H3,(H,46,50)/t28?,36-,37-,39-,40+,41+,42-,43-/m1/s1. The zero-order valence-electron chi connectivity index (χ0n) is 31.8. The van der Waals surface area contributed by atoms with Gasteiger partial charge in [0.05, 0.1) is 39.0 Å². The van der Waals surface area contributed by atoms with E-state index in [1.165, 1.54) is 6.07 Å². The first-order valence-electron chi connectivity index (χ1n) is 19.1. The molecular formula is C43H54ClFN2O6. The van der Waals surface area contributed by atoms with E-state index in [1.54, 1.807) is 37.3 Å². The van der Waals surface area contributed by atoms with Crippen LogP contribution in [0.2, 0.25) is 5.02 Å². The normalized spacial score (nSPS) is 35.2. The van der Waals surface area contributed by atoms with E-state index in [0.717, 1.165) is 24.8 Å². The predicted octanol–water partition coefficient (Wildman–Crippen LogP) is 7.82. The molecule has 0 saturated heterocycles. The van der Waals surface area contributed by atoms with Gasteiger partial charge in [0.15, 0.2) is 5.78 Å². The highest BCUT2D eigenvalue weighted by Gasteiger charge is 2.74. The highest BCUT2D eigenvalue weighted by molar-refractivity contribution is 6.31. The van der Waals surface area contributed by atoms with Crippen LogP contribution in [0.3, 0.4) is 0 Å². The van der Waals surface area contributed by atoms with Crippen LogP contribution in [0, 0.1) is 39.3 Å². The summed E-state index contributed by atoms with van der Waals surface area (Å²) in [6.07, 6.45) is 10.6. The molecule has 1 unspecified atom stereocenters. The third-order valence-electron chi connectivity index (χ3n) is 14.4. The number of halogens is 2. The van der Waals surface area contributed by atoms with Crippen LogP contribution in [0.1, 0.15) is 83.8 Å². The van der Waals surface area contributed by atoms with E-state index in [1.807, 2.05) is 26.0 Å². The summed E-state index contributed by atoms with van der Waals surface area (Å²) < 4.78 is 26.3. The Morgan fingerprint density at radius 3 is 2.43 bits per heavy atom. The summed E-state index contributed by atoms with van der Waals surface area (Å²) in [5, 5.41) is 27.3. The number of urea groups is 1. The number of ketones is 1. The van der Waals surface area contributed by atoms with Gasteiger partial charge in [-0.3, -0.25) is 4.79 Å². The highest BCUT2D eigenvalue weighted by Crippen LogP contribution is 2.78. The molecule has 0 radical (unpaired) electrons. The Kier molecular flexibility index (Phi) is 9.59. The second-order valence-electron chi connectivity index (χ2n) is 17.2. The smallest absolute Gasteiger partial charge is 0.317 e. The fraction of sp³-hybridized carbons (Fsp3) is 0.581. The van der Waals surface area contributed by atoms with Crippen molar-refractivity contribution in [1.29, 1.82) is 0 Å². The number of ether oxygens (including phenoxy) is 2. The third kappa shape index (κ3) is 5.74. The molecule has 6 aliphatic rings. The Morgan fingerprint density at radius 1 is 1.02 bits per heavy atom.